The third-order valence-electron chi connectivity index (χ3n) is 3.29. The van der Waals surface area contributed by atoms with Crippen LogP contribution in [0.2, 0.25) is 0 Å². The summed E-state index contributed by atoms with van der Waals surface area (Å²) in [5.41, 5.74) is 5.38. The second-order valence-electron chi connectivity index (χ2n) is 5.08. The standard InChI is InChI=1S/C10H21NO/c1-8(6-11)10(12)5-4-9(2,3)7-10/h8,12H,4-7,11H2,1-3H3. The summed E-state index contributed by atoms with van der Waals surface area (Å²) in [6.45, 7) is 7.07. The van der Waals surface area contributed by atoms with E-state index >= 15 is 0 Å². The van der Waals surface area contributed by atoms with Crippen molar-refractivity contribution in [1.29, 1.82) is 0 Å². The molecule has 0 spiro atoms. The summed E-state index contributed by atoms with van der Waals surface area (Å²) in [6.07, 6.45) is 2.94. The van der Waals surface area contributed by atoms with Crippen LogP contribution in [0.3, 0.4) is 0 Å². The van der Waals surface area contributed by atoms with Crippen molar-refractivity contribution < 1.29 is 5.11 Å². The lowest BCUT2D eigenvalue weighted by molar-refractivity contribution is -0.0101. The molecule has 3 N–H and O–H groups in total. The van der Waals surface area contributed by atoms with Gasteiger partial charge in [0.25, 0.3) is 0 Å². The Morgan fingerprint density at radius 3 is 2.33 bits per heavy atom. The second-order valence-corrected chi connectivity index (χ2v) is 5.08. The van der Waals surface area contributed by atoms with Crippen molar-refractivity contribution in [2.24, 2.45) is 17.1 Å². The van der Waals surface area contributed by atoms with Crippen LogP contribution in [0.1, 0.15) is 40.0 Å². The number of nitrogens with two attached hydrogens (primary N) is 1. The number of hydrogen-bond acceptors (Lipinski definition) is 2. The SMILES string of the molecule is CC(CN)C1(O)CCC(C)(C)C1. The van der Waals surface area contributed by atoms with Crippen molar-refractivity contribution in [2.45, 2.75) is 45.6 Å². The molecule has 0 saturated heterocycles. The first-order valence-electron chi connectivity index (χ1n) is 4.82. The van der Waals surface area contributed by atoms with Gasteiger partial charge in [-0.05, 0) is 37.1 Å². The summed E-state index contributed by atoms with van der Waals surface area (Å²) < 4.78 is 0. The molecular formula is C10H21NO. The molecule has 2 atom stereocenters. The van der Waals surface area contributed by atoms with E-state index in [1.807, 2.05) is 6.92 Å². The van der Waals surface area contributed by atoms with E-state index in [1.54, 1.807) is 0 Å². The molecule has 0 heterocycles. The van der Waals surface area contributed by atoms with E-state index in [1.165, 1.54) is 0 Å². The van der Waals surface area contributed by atoms with Gasteiger partial charge in [-0.15, -0.1) is 0 Å². The molecule has 2 nitrogen and oxygen atoms in total. The molecular weight excluding hydrogens is 150 g/mol. The van der Waals surface area contributed by atoms with Gasteiger partial charge >= 0.3 is 0 Å². The highest BCUT2D eigenvalue weighted by Gasteiger charge is 2.44. The predicted molar refractivity (Wildman–Crippen MR) is 50.8 cm³/mol. The lowest BCUT2D eigenvalue weighted by Gasteiger charge is -2.30. The van der Waals surface area contributed by atoms with Gasteiger partial charge in [0.2, 0.25) is 0 Å². The minimum atomic E-state index is -0.488. The monoisotopic (exact) mass is 171 g/mol. The molecule has 0 aliphatic heterocycles. The quantitative estimate of drug-likeness (QED) is 0.661. The first-order valence-corrected chi connectivity index (χ1v) is 4.82. The zero-order valence-electron chi connectivity index (χ0n) is 8.43. The van der Waals surface area contributed by atoms with Crippen LogP contribution in [0.15, 0.2) is 0 Å². The van der Waals surface area contributed by atoms with Gasteiger partial charge in [-0.3, -0.25) is 0 Å². The first kappa shape index (κ1) is 10.0. The van der Waals surface area contributed by atoms with Crippen LogP contribution >= 0.6 is 0 Å². The molecule has 12 heavy (non-hydrogen) atoms. The smallest absolute Gasteiger partial charge is 0.0690 e. The van der Waals surface area contributed by atoms with E-state index in [0.29, 0.717) is 12.0 Å². The van der Waals surface area contributed by atoms with E-state index in [0.717, 1.165) is 19.3 Å². The van der Waals surface area contributed by atoms with Gasteiger partial charge in [0, 0.05) is 0 Å². The van der Waals surface area contributed by atoms with Crippen LogP contribution in [0.4, 0.5) is 0 Å². The fraction of sp³-hybridized carbons (Fsp3) is 1.00. The summed E-state index contributed by atoms with van der Waals surface area (Å²) in [6, 6.07) is 0. The average molecular weight is 171 g/mol. The van der Waals surface area contributed by atoms with E-state index in [9.17, 15) is 5.11 Å². The normalized spacial score (nSPS) is 36.8. The van der Waals surface area contributed by atoms with Gasteiger partial charge in [0.05, 0.1) is 5.60 Å². The molecule has 0 aromatic rings. The van der Waals surface area contributed by atoms with E-state index in [-0.39, 0.29) is 5.92 Å². The molecule has 1 aliphatic rings. The van der Waals surface area contributed by atoms with Gasteiger partial charge in [0.15, 0.2) is 0 Å². The zero-order chi connectivity index (χ0) is 9.41. The third kappa shape index (κ3) is 1.80. The van der Waals surface area contributed by atoms with Crippen LogP contribution in [-0.2, 0) is 0 Å². The van der Waals surface area contributed by atoms with Gasteiger partial charge in [-0.1, -0.05) is 20.8 Å². The largest absolute Gasteiger partial charge is 0.390 e. The molecule has 2 unspecified atom stereocenters. The highest BCUT2D eigenvalue weighted by Crippen LogP contribution is 2.46. The molecule has 2 heteroatoms. The summed E-state index contributed by atoms with van der Waals surface area (Å²) in [7, 11) is 0. The molecule has 1 rings (SSSR count). The fourth-order valence-electron chi connectivity index (χ4n) is 2.20. The minimum absolute atomic E-state index is 0.235. The van der Waals surface area contributed by atoms with Gasteiger partial charge < -0.3 is 10.8 Å². The average Bonchev–Trinajstić information content (AvgIpc) is 2.25. The summed E-state index contributed by atoms with van der Waals surface area (Å²) >= 11 is 0. The molecule has 0 amide bonds. The van der Waals surface area contributed by atoms with Gasteiger partial charge in [-0.25, -0.2) is 0 Å². The maximum absolute atomic E-state index is 10.2. The zero-order valence-corrected chi connectivity index (χ0v) is 8.43. The molecule has 0 bridgehead atoms. The highest BCUT2D eigenvalue weighted by molar-refractivity contribution is 4.96. The molecule has 0 radical (unpaired) electrons. The lowest BCUT2D eigenvalue weighted by Crippen LogP contribution is -2.38. The maximum atomic E-state index is 10.2. The maximum Gasteiger partial charge on any atom is 0.0690 e. The molecule has 1 saturated carbocycles. The Bertz CT molecular complexity index is 167. The Hall–Kier alpha value is -0.0800. The third-order valence-corrected chi connectivity index (χ3v) is 3.29. The fourth-order valence-corrected chi connectivity index (χ4v) is 2.20. The lowest BCUT2D eigenvalue weighted by atomic mass is 9.83. The van der Waals surface area contributed by atoms with Crippen molar-refractivity contribution in [1.82, 2.24) is 0 Å². The van der Waals surface area contributed by atoms with Gasteiger partial charge in [-0.2, -0.15) is 0 Å². The van der Waals surface area contributed by atoms with Crippen molar-refractivity contribution >= 4 is 0 Å². The highest BCUT2D eigenvalue weighted by atomic mass is 16.3. The van der Waals surface area contributed by atoms with Crippen molar-refractivity contribution in [3.05, 3.63) is 0 Å². The molecule has 72 valence electrons. The van der Waals surface area contributed by atoms with Crippen LogP contribution in [-0.4, -0.2) is 17.3 Å². The van der Waals surface area contributed by atoms with E-state index < -0.39 is 5.60 Å². The Morgan fingerprint density at radius 1 is 1.42 bits per heavy atom. The topological polar surface area (TPSA) is 46.2 Å². The van der Waals surface area contributed by atoms with Crippen molar-refractivity contribution in [2.75, 3.05) is 6.54 Å². The summed E-state index contributed by atoms with van der Waals surface area (Å²) in [5.74, 6) is 0.235. The Labute approximate surface area is 75.2 Å². The Kier molecular flexibility index (Phi) is 2.50. The van der Waals surface area contributed by atoms with Crippen LogP contribution in [0.5, 0.6) is 0 Å². The molecule has 0 aromatic heterocycles. The van der Waals surface area contributed by atoms with E-state index in [2.05, 4.69) is 13.8 Å². The molecule has 1 fully saturated rings. The number of rotatable bonds is 2. The van der Waals surface area contributed by atoms with E-state index in [4.69, 9.17) is 5.73 Å². The summed E-state index contributed by atoms with van der Waals surface area (Å²) in [5, 5.41) is 10.2. The Morgan fingerprint density at radius 2 is 2.00 bits per heavy atom. The van der Waals surface area contributed by atoms with Crippen LogP contribution in [0.25, 0.3) is 0 Å². The summed E-state index contributed by atoms with van der Waals surface area (Å²) in [4.78, 5) is 0. The number of aliphatic hydroxyl groups is 1. The van der Waals surface area contributed by atoms with Crippen LogP contribution in [0, 0.1) is 11.3 Å². The Balaban J connectivity index is 2.64. The molecule has 1 aliphatic carbocycles. The van der Waals surface area contributed by atoms with Crippen LogP contribution < -0.4 is 5.73 Å². The van der Waals surface area contributed by atoms with Gasteiger partial charge in [0.1, 0.15) is 0 Å². The minimum Gasteiger partial charge on any atom is -0.390 e. The number of hydrogen-bond donors (Lipinski definition) is 2. The molecule has 0 aromatic carbocycles. The first-order chi connectivity index (χ1) is 5.40. The predicted octanol–water partition coefficient (Wildman–Crippen LogP) is 1.52. The second kappa shape index (κ2) is 3.00. The van der Waals surface area contributed by atoms with Crippen molar-refractivity contribution in [3.63, 3.8) is 0 Å². The van der Waals surface area contributed by atoms with Crippen molar-refractivity contribution in [3.8, 4) is 0 Å².